The van der Waals surface area contributed by atoms with E-state index in [0.717, 1.165) is 89.9 Å². The fourth-order valence-corrected chi connectivity index (χ4v) is 9.17. The van der Waals surface area contributed by atoms with Crippen LogP contribution < -0.4 is 0 Å². The van der Waals surface area contributed by atoms with Gasteiger partial charge in [0.1, 0.15) is 13.2 Å². The van der Waals surface area contributed by atoms with Crippen LogP contribution in [0.3, 0.4) is 0 Å². The molecule has 0 fully saturated rings. The van der Waals surface area contributed by atoms with Gasteiger partial charge in [-0.05, 0) is 89.9 Å². The molecule has 428 valence electrons. The van der Waals surface area contributed by atoms with Crippen molar-refractivity contribution in [1.29, 1.82) is 0 Å². The molecule has 74 heavy (non-hydrogen) atoms. The fraction of sp³-hybridized carbons (Fsp3) is 0.779. The Morgan fingerprint density at radius 1 is 0.284 bits per heavy atom. The molecule has 0 aliphatic carbocycles. The van der Waals surface area contributed by atoms with E-state index in [1.165, 1.54) is 193 Å². The van der Waals surface area contributed by atoms with E-state index in [0.29, 0.717) is 19.3 Å². The predicted octanol–water partition coefficient (Wildman–Crippen LogP) is 21.7. The third-order valence-corrected chi connectivity index (χ3v) is 13.9. The first-order valence-corrected chi connectivity index (χ1v) is 31.9. The van der Waals surface area contributed by atoms with Gasteiger partial charge in [-0.3, -0.25) is 14.4 Å². The smallest absolute Gasteiger partial charge is 0.306 e. The lowest BCUT2D eigenvalue weighted by atomic mass is 10.0. The standard InChI is InChI=1S/C68H120O6/c1-4-7-10-13-16-19-22-24-26-28-30-32-33-34-35-37-38-40-42-44-46-49-52-55-58-61-67(70)73-64-65(63-72-66(69)60-57-54-51-48-21-18-15-12-9-6-3)74-68(71)62-59-56-53-50-47-45-43-41-39-36-31-29-27-25-23-20-17-14-11-8-5-2/h7,10,16,19,23-26,29-32,65H,4-6,8-9,11-15,17-18,20-22,27-28,33-64H2,1-3H3/b10-7-,19-16-,25-23-,26-24-,31-29-,32-30-. The van der Waals surface area contributed by atoms with Crippen molar-refractivity contribution in [3.63, 3.8) is 0 Å². The Morgan fingerprint density at radius 2 is 0.527 bits per heavy atom. The van der Waals surface area contributed by atoms with Gasteiger partial charge < -0.3 is 14.2 Å². The summed E-state index contributed by atoms with van der Waals surface area (Å²) >= 11 is 0. The molecule has 0 spiro atoms. The lowest BCUT2D eigenvalue weighted by molar-refractivity contribution is -0.167. The summed E-state index contributed by atoms with van der Waals surface area (Å²) < 4.78 is 16.9. The van der Waals surface area contributed by atoms with E-state index in [2.05, 4.69) is 93.7 Å². The first-order chi connectivity index (χ1) is 36.5. The van der Waals surface area contributed by atoms with Crippen molar-refractivity contribution in [2.24, 2.45) is 0 Å². The maximum absolute atomic E-state index is 12.9. The lowest BCUT2D eigenvalue weighted by Crippen LogP contribution is -2.30. The number of hydrogen-bond donors (Lipinski definition) is 0. The van der Waals surface area contributed by atoms with Gasteiger partial charge in [0.25, 0.3) is 0 Å². The molecular formula is C68H120O6. The molecule has 0 aromatic rings. The van der Waals surface area contributed by atoms with E-state index in [9.17, 15) is 14.4 Å². The Bertz CT molecular complexity index is 1370. The average Bonchev–Trinajstić information content (AvgIpc) is 3.40. The van der Waals surface area contributed by atoms with Crippen LogP contribution in [-0.2, 0) is 28.6 Å². The Balaban J connectivity index is 4.24. The molecule has 6 nitrogen and oxygen atoms in total. The Labute approximate surface area is 459 Å². The Hall–Kier alpha value is -3.15. The number of rotatable bonds is 58. The van der Waals surface area contributed by atoms with Crippen molar-refractivity contribution in [3.05, 3.63) is 72.9 Å². The van der Waals surface area contributed by atoms with Gasteiger partial charge in [-0.25, -0.2) is 0 Å². The highest BCUT2D eigenvalue weighted by Crippen LogP contribution is 2.17. The second-order valence-electron chi connectivity index (χ2n) is 21.3. The van der Waals surface area contributed by atoms with Crippen LogP contribution in [0.15, 0.2) is 72.9 Å². The van der Waals surface area contributed by atoms with E-state index < -0.39 is 6.10 Å². The summed E-state index contributed by atoms with van der Waals surface area (Å²) in [5.74, 6) is -0.867. The number of unbranched alkanes of at least 4 members (excludes halogenated alkanes) is 35. The molecule has 6 heteroatoms. The van der Waals surface area contributed by atoms with E-state index in [1.54, 1.807) is 0 Å². The van der Waals surface area contributed by atoms with Crippen molar-refractivity contribution in [3.8, 4) is 0 Å². The number of hydrogen-bond acceptors (Lipinski definition) is 6. The highest BCUT2D eigenvalue weighted by molar-refractivity contribution is 5.71. The first kappa shape index (κ1) is 70.8. The summed E-state index contributed by atoms with van der Waals surface area (Å²) in [7, 11) is 0. The van der Waals surface area contributed by atoms with Crippen LogP contribution in [0.25, 0.3) is 0 Å². The molecule has 0 bridgehead atoms. The second kappa shape index (κ2) is 62.4. The molecule has 0 aliphatic rings. The number of esters is 3. The van der Waals surface area contributed by atoms with E-state index in [1.807, 2.05) is 0 Å². The van der Waals surface area contributed by atoms with Gasteiger partial charge in [-0.2, -0.15) is 0 Å². The molecule has 1 atom stereocenters. The molecule has 0 N–H and O–H groups in total. The van der Waals surface area contributed by atoms with Crippen LogP contribution in [0.2, 0.25) is 0 Å². The second-order valence-corrected chi connectivity index (χ2v) is 21.3. The van der Waals surface area contributed by atoms with Gasteiger partial charge in [0.15, 0.2) is 6.10 Å². The van der Waals surface area contributed by atoms with Crippen LogP contribution in [0.5, 0.6) is 0 Å². The van der Waals surface area contributed by atoms with Crippen molar-refractivity contribution >= 4 is 17.9 Å². The van der Waals surface area contributed by atoms with Gasteiger partial charge in [-0.15, -0.1) is 0 Å². The van der Waals surface area contributed by atoms with E-state index in [-0.39, 0.29) is 31.1 Å². The largest absolute Gasteiger partial charge is 0.462 e. The maximum atomic E-state index is 12.9. The zero-order valence-corrected chi connectivity index (χ0v) is 49.1. The van der Waals surface area contributed by atoms with Gasteiger partial charge >= 0.3 is 17.9 Å². The third-order valence-electron chi connectivity index (χ3n) is 13.9. The maximum Gasteiger partial charge on any atom is 0.306 e. The zero-order valence-electron chi connectivity index (χ0n) is 49.1. The highest BCUT2D eigenvalue weighted by atomic mass is 16.6. The summed E-state index contributed by atoms with van der Waals surface area (Å²) in [5, 5.41) is 0. The van der Waals surface area contributed by atoms with Gasteiger partial charge in [0.05, 0.1) is 0 Å². The van der Waals surface area contributed by atoms with Crippen LogP contribution in [-0.4, -0.2) is 37.2 Å². The molecule has 0 aliphatic heterocycles. The number of allylic oxidation sites excluding steroid dienone is 12. The summed E-state index contributed by atoms with van der Waals surface area (Å²) in [6, 6.07) is 0. The van der Waals surface area contributed by atoms with Crippen molar-refractivity contribution in [2.45, 2.75) is 329 Å². The van der Waals surface area contributed by atoms with Gasteiger partial charge in [0, 0.05) is 19.3 Å². The van der Waals surface area contributed by atoms with E-state index in [4.69, 9.17) is 14.2 Å². The minimum Gasteiger partial charge on any atom is -0.462 e. The van der Waals surface area contributed by atoms with E-state index >= 15 is 0 Å². The number of carbonyl (C=O) groups excluding carboxylic acids is 3. The van der Waals surface area contributed by atoms with Crippen molar-refractivity contribution in [1.82, 2.24) is 0 Å². The van der Waals surface area contributed by atoms with Crippen LogP contribution in [0, 0.1) is 0 Å². The Kier molecular flexibility index (Phi) is 59.7. The minimum absolute atomic E-state index is 0.0742. The Morgan fingerprint density at radius 3 is 0.824 bits per heavy atom. The molecule has 0 amide bonds. The van der Waals surface area contributed by atoms with Crippen molar-refractivity contribution < 1.29 is 28.6 Å². The fourth-order valence-electron chi connectivity index (χ4n) is 9.17. The summed E-state index contributed by atoms with van der Waals surface area (Å²) in [4.78, 5) is 38.2. The minimum atomic E-state index is -0.776. The lowest BCUT2D eigenvalue weighted by Gasteiger charge is -2.18. The molecule has 0 rings (SSSR count). The molecule has 1 unspecified atom stereocenters. The molecule has 0 radical (unpaired) electrons. The third kappa shape index (κ3) is 59.7. The number of carbonyl (C=O) groups is 3. The topological polar surface area (TPSA) is 78.9 Å². The van der Waals surface area contributed by atoms with Crippen molar-refractivity contribution in [2.75, 3.05) is 13.2 Å². The first-order valence-electron chi connectivity index (χ1n) is 31.9. The monoisotopic (exact) mass is 1030 g/mol. The molecular weight excluding hydrogens is 913 g/mol. The molecule has 0 saturated heterocycles. The van der Waals surface area contributed by atoms with Crippen LogP contribution in [0.4, 0.5) is 0 Å². The summed E-state index contributed by atoms with van der Waals surface area (Å²) in [6.45, 7) is 6.54. The predicted molar refractivity (Wildman–Crippen MR) is 321 cm³/mol. The van der Waals surface area contributed by atoms with Gasteiger partial charge in [0.2, 0.25) is 0 Å². The van der Waals surface area contributed by atoms with Gasteiger partial charge in [-0.1, -0.05) is 286 Å². The van der Waals surface area contributed by atoms with Crippen LogP contribution >= 0.6 is 0 Å². The molecule has 0 aromatic heterocycles. The molecule has 0 aromatic carbocycles. The average molecular weight is 1030 g/mol. The normalized spacial score (nSPS) is 12.5. The zero-order chi connectivity index (χ0) is 53.6. The quantitative estimate of drug-likeness (QED) is 0.0261. The number of ether oxygens (including phenoxy) is 3. The summed E-state index contributed by atoms with van der Waals surface area (Å²) in [5.41, 5.74) is 0. The van der Waals surface area contributed by atoms with Crippen LogP contribution in [0.1, 0.15) is 323 Å². The highest BCUT2D eigenvalue weighted by Gasteiger charge is 2.19. The summed E-state index contributed by atoms with van der Waals surface area (Å²) in [6.07, 6.45) is 80.5. The SMILES string of the molecule is CC/C=C\C/C=C\C/C=C\C/C=C\CCCCCCCCCCCCCCC(=O)OCC(COC(=O)CCCCCCCCCCCC)OC(=O)CCCCCCCCCCC/C=C\C/C=C\CCCCCCC. The molecule has 0 saturated carbocycles. The molecule has 0 heterocycles.